The van der Waals surface area contributed by atoms with Gasteiger partial charge in [0, 0.05) is 13.1 Å². The lowest BCUT2D eigenvalue weighted by Crippen LogP contribution is -2.36. The van der Waals surface area contributed by atoms with E-state index in [0.29, 0.717) is 5.75 Å². The summed E-state index contributed by atoms with van der Waals surface area (Å²) in [6.45, 7) is 4.63. The minimum atomic E-state index is -0.947. The van der Waals surface area contributed by atoms with Gasteiger partial charge in [0.1, 0.15) is 11.3 Å². The minimum Gasteiger partial charge on any atom is -0.496 e. The summed E-state index contributed by atoms with van der Waals surface area (Å²) < 4.78 is 10.4. The van der Waals surface area contributed by atoms with E-state index in [-0.39, 0.29) is 5.56 Å². The number of aromatic carboxylic acids is 1. The Morgan fingerprint density at radius 1 is 1.40 bits per heavy atom. The largest absolute Gasteiger partial charge is 0.496 e. The molecule has 1 heterocycles. The van der Waals surface area contributed by atoms with Gasteiger partial charge in [0.05, 0.1) is 20.3 Å². The molecule has 2 rings (SSSR count). The lowest BCUT2D eigenvalue weighted by Gasteiger charge is -2.26. The van der Waals surface area contributed by atoms with Gasteiger partial charge in [-0.3, -0.25) is 4.90 Å². The zero-order valence-electron chi connectivity index (χ0n) is 11.8. The van der Waals surface area contributed by atoms with Crippen molar-refractivity contribution in [1.29, 1.82) is 0 Å². The smallest absolute Gasteiger partial charge is 0.339 e. The van der Waals surface area contributed by atoms with E-state index < -0.39 is 5.97 Å². The summed E-state index contributed by atoms with van der Waals surface area (Å²) >= 11 is 0. The minimum absolute atomic E-state index is 0.233. The molecular weight excluding hydrogens is 258 g/mol. The maximum atomic E-state index is 11.2. The van der Waals surface area contributed by atoms with Crippen LogP contribution in [0.1, 0.15) is 22.3 Å². The molecule has 1 saturated heterocycles. The molecule has 0 aromatic heterocycles. The second-order valence-corrected chi connectivity index (χ2v) is 4.90. The zero-order valence-corrected chi connectivity index (χ0v) is 11.8. The van der Waals surface area contributed by atoms with E-state index in [2.05, 4.69) is 4.90 Å². The molecule has 0 radical (unpaired) electrons. The molecule has 110 valence electrons. The lowest BCUT2D eigenvalue weighted by atomic mass is 10.1. The quantitative estimate of drug-likeness (QED) is 0.858. The molecule has 0 amide bonds. The first-order valence-corrected chi connectivity index (χ1v) is 6.91. The summed E-state index contributed by atoms with van der Waals surface area (Å²) in [4.78, 5) is 13.5. The first-order valence-electron chi connectivity index (χ1n) is 6.91. The van der Waals surface area contributed by atoms with Gasteiger partial charge in [-0.05, 0) is 37.1 Å². The molecule has 0 unspecified atom stereocenters. The fourth-order valence-corrected chi connectivity index (χ4v) is 2.41. The molecule has 1 N–H and O–H groups in total. The number of carbonyl (C=O) groups is 1. The van der Waals surface area contributed by atoms with Gasteiger partial charge >= 0.3 is 5.97 Å². The van der Waals surface area contributed by atoms with E-state index in [1.54, 1.807) is 12.1 Å². The number of aryl methyl sites for hydroxylation is 1. The van der Waals surface area contributed by atoms with Gasteiger partial charge in [-0.15, -0.1) is 0 Å². The van der Waals surface area contributed by atoms with E-state index in [0.717, 1.165) is 51.3 Å². The van der Waals surface area contributed by atoms with Crippen molar-refractivity contribution in [3.63, 3.8) is 0 Å². The van der Waals surface area contributed by atoms with Crippen LogP contribution in [0.5, 0.6) is 5.75 Å². The summed E-state index contributed by atoms with van der Waals surface area (Å²) in [5.41, 5.74) is 1.27. The van der Waals surface area contributed by atoms with Crippen molar-refractivity contribution in [2.45, 2.75) is 12.8 Å². The second-order valence-electron chi connectivity index (χ2n) is 4.90. The predicted octanol–water partition coefficient (Wildman–Crippen LogP) is 1.66. The number of hydrogen-bond acceptors (Lipinski definition) is 4. The highest BCUT2D eigenvalue weighted by Crippen LogP contribution is 2.20. The number of nitrogens with zero attached hydrogens (tertiary/aromatic N) is 1. The van der Waals surface area contributed by atoms with Crippen molar-refractivity contribution < 1.29 is 19.4 Å². The lowest BCUT2D eigenvalue weighted by molar-refractivity contribution is 0.0374. The van der Waals surface area contributed by atoms with Gasteiger partial charge < -0.3 is 14.6 Å². The molecular formula is C15H21NO4. The average molecular weight is 279 g/mol. The third kappa shape index (κ3) is 3.95. The van der Waals surface area contributed by atoms with Crippen LogP contribution >= 0.6 is 0 Å². The molecule has 5 nitrogen and oxygen atoms in total. The predicted molar refractivity (Wildman–Crippen MR) is 75.5 cm³/mol. The van der Waals surface area contributed by atoms with E-state index in [1.807, 2.05) is 6.07 Å². The van der Waals surface area contributed by atoms with Gasteiger partial charge in [-0.25, -0.2) is 4.79 Å². The van der Waals surface area contributed by atoms with E-state index in [4.69, 9.17) is 14.6 Å². The normalized spacial score (nSPS) is 16.1. The highest BCUT2D eigenvalue weighted by atomic mass is 16.5. The number of ether oxygens (including phenoxy) is 2. The van der Waals surface area contributed by atoms with Crippen molar-refractivity contribution in [1.82, 2.24) is 4.90 Å². The van der Waals surface area contributed by atoms with Gasteiger partial charge in [-0.1, -0.05) is 6.07 Å². The molecule has 1 aliphatic rings. The summed E-state index contributed by atoms with van der Waals surface area (Å²) in [6, 6.07) is 5.37. The Kier molecular flexibility index (Phi) is 5.38. The maximum Gasteiger partial charge on any atom is 0.339 e. The van der Waals surface area contributed by atoms with Gasteiger partial charge in [0.2, 0.25) is 0 Å². The molecule has 0 spiro atoms. The van der Waals surface area contributed by atoms with Crippen molar-refractivity contribution >= 4 is 5.97 Å². The standard InChI is InChI=1S/C15H21NO4/c1-19-14-5-4-12(11-13(14)15(17)18)3-2-6-16-7-9-20-10-8-16/h4-5,11H,2-3,6-10H2,1H3,(H,17,18). The molecule has 1 fully saturated rings. The van der Waals surface area contributed by atoms with Crippen molar-refractivity contribution in [3.05, 3.63) is 29.3 Å². The van der Waals surface area contributed by atoms with Crippen LogP contribution in [0.2, 0.25) is 0 Å². The van der Waals surface area contributed by atoms with E-state index in [1.165, 1.54) is 7.11 Å². The third-order valence-electron chi connectivity index (χ3n) is 3.54. The number of carboxylic acid groups (broad SMARTS) is 1. The van der Waals surface area contributed by atoms with Crippen LogP contribution in [0.15, 0.2) is 18.2 Å². The topological polar surface area (TPSA) is 59.0 Å². The van der Waals surface area contributed by atoms with Crippen molar-refractivity contribution in [2.75, 3.05) is 40.0 Å². The Morgan fingerprint density at radius 3 is 2.80 bits per heavy atom. The Bertz CT molecular complexity index is 455. The molecule has 1 aromatic carbocycles. The Morgan fingerprint density at radius 2 is 2.15 bits per heavy atom. The van der Waals surface area contributed by atoms with Crippen LogP contribution in [-0.2, 0) is 11.2 Å². The second kappa shape index (κ2) is 7.26. The average Bonchev–Trinajstić information content (AvgIpc) is 2.48. The first kappa shape index (κ1) is 14.8. The summed E-state index contributed by atoms with van der Waals surface area (Å²) in [7, 11) is 1.49. The Hall–Kier alpha value is -1.59. The zero-order chi connectivity index (χ0) is 14.4. The third-order valence-corrected chi connectivity index (χ3v) is 3.54. The number of methoxy groups -OCH3 is 1. The molecule has 20 heavy (non-hydrogen) atoms. The van der Waals surface area contributed by atoms with Gasteiger partial charge in [-0.2, -0.15) is 0 Å². The molecule has 1 aromatic rings. The first-order chi connectivity index (χ1) is 9.70. The van der Waals surface area contributed by atoms with Crippen molar-refractivity contribution in [2.24, 2.45) is 0 Å². The monoisotopic (exact) mass is 279 g/mol. The molecule has 0 saturated carbocycles. The van der Waals surface area contributed by atoms with Crippen molar-refractivity contribution in [3.8, 4) is 5.75 Å². The summed E-state index contributed by atoms with van der Waals surface area (Å²) in [5.74, 6) is -0.536. The van der Waals surface area contributed by atoms with Gasteiger partial charge in [0.15, 0.2) is 0 Å². The number of benzene rings is 1. The number of morpholine rings is 1. The molecule has 1 aliphatic heterocycles. The van der Waals surface area contributed by atoms with Crippen LogP contribution in [0, 0.1) is 0 Å². The van der Waals surface area contributed by atoms with Crippen LogP contribution in [0.4, 0.5) is 0 Å². The van der Waals surface area contributed by atoms with Crippen LogP contribution in [-0.4, -0.2) is 55.9 Å². The molecule has 0 bridgehead atoms. The maximum absolute atomic E-state index is 11.2. The molecule has 0 atom stereocenters. The van der Waals surface area contributed by atoms with E-state index in [9.17, 15) is 4.79 Å². The van der Waals surface area contributed by atoms with Gasteiger partial charge in [0.25, 0.3) is 0 Å². The number of carboxylic acids is 1. The summed E-state index contributed by atoms with van der Waals surface area (Å²) in [5, 5.41) is 9.15. The van der Waals surface area contributed by atoms with E-state index >= 15 is 0 Å². The SMILES string of the molecule is COc1ccc(CCCN2CCOCC2)cc1C(=O)O. The highest BCUT2D eigenvalue weighted by Gasteiger charge is 2.12. The summed E-state index contributed by atoms with van der Waals surface area (Å²) in [6.07, 6.45) is 1.90. The van der Waals surface area contributed by atoms with Crippen LogP contribution in [0.25, 0.3) is 0 Å². The number of hydrogen-bond donors (Lipinski definition) is 1. The molecule has 5 heteroatoms. The van der Waals surface area contributed by atoms with Crippen LogP contribution < -0.4 is 4.74 Å². The Labute approximate surface area is 119 Å². The fourth-order valence-electron chi connectivity index (χ4n) is 2.41. The Balaban J connectivity index is 1.89. The van der Waals surface area contributed by atoms with Crippen LogP contribution in [0.3, 0.4) is 0 Å². The highest BCUT2D eigenvalue weighted by molar-refractivity contribution is 5.91. The molecule has 0 aliphatic carbocycles. The number of rotatable bonds is 6. The fraction of sp³-hybridized carbons (Fsp3) is 0.533.